The Labute approximate surface area is 133 Å². The second kappa shape index (κ2) is 5.72. The minimum Gasteiger partial charge on any atom is -0.383 e. The summed E-state index contributed by atoms with van der Waals surface area (Å²) in [5.41, 5.74) is 4.44. The zero-order valence-corrected chi connectivity index (χ0v) is 14.0. The van der Waals surface area contributed by atoms with Crippen molar-refractivity contribution in [3.8, 4) is 0 Å². The zero-order chi connectivity index (χ0) is 14.3. The first kappa shape index (κ1) is 14.5. The largest absolute Gasteiger partial charge is 0.383 e. The molecule has 2 aromatic rings. The van der Waals surface area contributed by atoms with Crippen LogP contribution in [-0.2, 0) is 12.2 Å². The highest BCUT2D eigenvalue weighted by Crippen LogP contribution is 2.37. The predicted molar refractivity (Wildman–Crippen MR) is 89.2 cm³/mol. The van der Waals surface area contributed by atoms with Gasteiger partial charge in [-0.3, -0.25) is 0 Å². The number of thiophene rings is 1. The first-order valence-corrected chi connectivity index (χ1v) is 9.05. The van der Waals surface area contributed by atoms with Crippen molar-refractivity contribution in [1.29, 1.82) is 0 Å². The molecule has 1 aromatic carbocycles. The van der Waals surface area contributed by atoms with Crippen molar-refractivity contribution in [3.63, 3.8) is 0 Å². The van der Waals surface area contributed by atoms with Gasteiger partial charge in [0, 0.05) is 20.5 Å². The van der Waals surface area contributed by atoms with Crippen LogP contribution in [0.2, 0.25) is 5.02 Å². The van der Waals surface area contributed by atoms with Crippen molar-refractivity contribution in [3.05, 3.63) is 55.2 Å². The van der Waals surface area contributed by atoms with E-state index in [1.807, 2.05) is 37.7 Å². The van der Waals surface area contributed by atoms with Gasteiger partial charge in [-0.05, 0) is 60.4 Å². The van der Waals surface area contributed by atoms with Crippen molar-refractivity contribution >= 4 is 34.7 Å². The highest BCUT2D eigenvalue weighted by Gasteiger charge is 2.20. The standard InChI is InChI=1S/C16H17ClOS2/c1-9-6-13(17)10(2)5-12(9)16(18)15-7-11-8-19-4-3-14(11)20-15/h5-7,16,18H,3-4,8H2,1-2H3. The molecule has 0 radical (unpaired) electrons. The fraction of sp³-hybridized carbons (Fsp3) is 0.375. The van der Waals surface area contributed by atoms with Gasteiger partial charge < -0.3 is 5.11 Å². The van der Waals surface area contributed by atoms with Crippen LogP contribution in [0, 0.1) is 13.8 Å². The van der Waals surface area contributed by atoms with E-state index in [0.717, 1.165) is 38.8 Å². The molecule has 0 saturated carbocycles. The smallest absolute Gasteiger partial charge is 0.113 e. The first-order chi connectivity index (χ1) is 9.56. The predicted octanol–water partition coefficient (Wildman–Crippen LogP) is 4.89. The Hall–Kier alpha value is -0.480. The Balaban J connectivity index is 1.98. The lowest BCUT2D eigenvalue weighted by Gasteiger charge is -2.14. The van der Waals surface area contributed by atoms with E-state index in [0.29, 0.717) is 0 Å². The maximum atomic E-state index is 10.7. The molecule has 1 aliphatic heterocycles. The van der Waals surface area contributed by atoms with E-state index in [1.165, 1.54) is 16.2 Å². The Morgan fingerprint density at radius 1 is 1.20 bits per heavy atom. The van der Waals surface area contributed by atoms with Crippen LogP contribution < -0.4 is 0 Å². The molecule has 0 spiro atoms. The number of hydrogen-bond acceptors (Lipinski definition) is 3. The number of thioether (sulfide) groups is 1. The third-order valence-corrected chi connectivity index (χ3v) is 6.46. The molecule has 0 aliphatic carbocycles. The van der Waals surface area contributed by atoms with Crippen LogP contribution in [0.15, 0.2) is 18.2 Å². The third-order valence-electron chi connectivity index (χ3n) is 3.76. The quantitative estimate of drug-likeness (QED) is 0.848. The molecule has 0 amide bonds. The van der Waals surface area contributed by atoms with E-state index in [1.54, 1.807) is 11.3 Å². The maximum absolute atomic E-state index is 10.7. The Morgan fingerprint density at radius 3 is 2.75 bits per heavy atom. The number of halogens is 1. The van der Waals surface area contributed by atoms with Crippen LogP contribution in [0.4, 0.5) is 0 Å². The van der Waals surface area contributed by atoms with Gasteiger partial charge >= 0.3 is 0 Å². The monoisotopic (exact) mass is 324 g/mol. The second-order valence-corrected chi connectivity index (χ2v) is 7.94. The zero-order valence-electron chi connectivity index (χ0n) is 11.6. The summed E-state index contributed by atoms with van der Waals surface area (Å²) in [6.45, 7) is 3.99. The van der Waals surface area contributed by atoms with E-state index in [4.69, 9.17) is 11.6 Å². The summed E-state index contributed by atoms with van der Waals surface area (Å²) in [6, 6.07) is 6.13. The minimum atomic E-state index is -0.536. The summed E-state index contributed by atoms with van der Waals surface area (Å²) < 4.78 is 0. The summed E-state index contributed by atoms with van der Waals surface area (Å²) in [4.78, 5) is 2.50. The number of aliphatic hydroxyl groups is 1. The van der Waals surface area contributed by atoms with Gasteiger partial charge in [0.25, 0.3) is 0 Å². The van der Waals surface area contributed by atoms with E-state index in [-0.39, 0.29) is 0 Å². The summed E-state index contributed by atoms with van der Waals surface area (Å²) >= 11 is 9.87. The third kappa shape index (κ3) is 2.64. The molecular weight excluding hydrogens is 308 g/mol. The molecule has 0 saturated heterocycles. The van der Waals surface area contributed by atoms with Crippen LogP contribution in [0.5, 0.6) is 0 Å². The molecule has 4 heteroatoms. The highest BCUT2D eigenvalue weighted by molar-refractivity contribution is 7.98. The Morgan fingerprint density at radius 2 is 2.00 bits per heavy atom. The Bertz CT molecular complexity index is 625. The van der Waals surface area contributed by atoms with Crippen LogP contribution >= 0.6 is 34.7 Å². The van der Waals surface area contributed by atoms with Gasteiger partial charge in [0.05, 0.1) is 0 Å². The van der Waals surface area contributed by atoms with Gasteiger partial charge in [-0.2, -0.15) is 11.8 Å². The van der Waals surface area contributed by atoms with E-state index in [2.05, 4.69) is 6.07 Å². The molecule has 1 N–H and O–H groups in total. The fourth-order valence-corrected chi connectivity index (χ4v) is 5.16. The lowest BCUT2D eigenvalue weighted by atomic mass is 9.99. The van der Waals surface area contributed by atoms with Crippen molar-refractivity contribution < 1.29 is 5.11 Å². The molecule has 3 rings (SSSR count). The summed E-state index contributed by atoms with van der Waals surface area (Å²) in [5.74, 6) is 2.28. The molecule has 2 heterocycles. The number of hydrogen-bond donors (Lipinski definition) is 1. The molecule has 1 unspecified atom stereocenters. The van der Waals surface area contributed by atoms with Crippen molar-refractivity contribution in [1.82, 2.24) is 0 Å². The van der Waals surface area contributed by atoms with Crippen molar-refractivity contribution in [2.75, 3.05) is 5.75 Å². The molecule has 0 fully saturated rings. The highest BCUT2D eigenvalue weighted by atomic mass is 35.5. The van der Waals surface area contributed by atoms with E-state index >= 15 is 0 Å². The molecule has 1 aliphatic rings. The first-order valence-electron chi connectivity index (χ1n) is 6.70. The second-order valence-electron chi connectivity index (χ2n) is 5.26. The molecule has 1 aromatic heterocycles. The number of fused-ring (bicyclic) bond motifs is 1. The minimum absolute atomic E-state index is 0.536. The maximum Gasteiger partial charge on any atom is 0.113 e. The Kier molecular flexibility index (Phi) is 4.14. The van der Waals surface area contributed by atoms with Crippen LogP contribution in [-0.4, -0.2) is 10.9 Å². The SMILES string of the molecule is Cc1cc(C(O)c2cc3c(s2)CCSC3)c(C)cc1Cl. The van der Waals surface area contributed by atoms with Crippen molar-refractivity contribution in [2.45, 2.75) is 32.1 Å². The van der Waals surface area contributed by atoms with Crippen LogP contribution in [0.25, 0.3) is 0 Å². The van der Waals surface area contributed by atoms with E-state index < -0.39 is 6.10 Å². The lowest BCUT2D eigenvalue weighted by Crippen LogP contribution is -2.01. The normalized spacial score (nSPS) is 16.0. The number of benzene rings is 1. The molecule has 106 valence electrons. The van der Waals surface area contributed by atoms with Gasteiger partial charge in [-0.15, -0.1) is 11.3 Å². The number of aryl methyl sites for hydroxylation is 3. The average Bonchev–Trinajstić information content (AvgIpc) is 2.86. The van der Waals surface area contributed by atoms with Crippen LogP contribution in [0.1, 0.15) is 38.1 Å². The molecule has 1 atom stereocenters. The molecular formula is C16H17ClOS2. The van der Waals surface area contributed by atoms with Crippen molar-refractivity contribution in [2.24, 2.45) is 0 Å². The van der Waals surface area contributed by atoms with Gasteiger partial charge in [-0.25, -0.2) is 0 Å². The molecule has 0 bridgehead atoms. The fourth-order valence-electron chi connectivity index (χ4n) is 2.56. The van der Waals surface area contributed by atoms with Crippen LogP contribution in [0.3, 0.4) is 0 Å². The van der Waals surface area contributed by atoms with Gasteiger partial charge in [-0.1, -0.05) is 17.7 Å². The topological polar surface area (TPSA) is 20.2 Å². The van der Waals surface area contributed by atoms with E-state index in [9.17, 15) is 5.11 Å². The molecule has 20 heavy (non-hydrogen) atoms. The number of rotatable bonds is 2. The summed E-state index contributed by atoms with van der Waals surface area (Å²) in [5, 5.41) is 11.5. The summed E-state index contributed by atoms with van der Waals surface area (Å²) in [6.07, 6.45) is 0.599. The summed E-state index contributed by atoms with van der Waals surface area (Å²) in [7, 11) is 0. The molecule has 1 nitrogen and oxygen atoms in total. The lowest BCUT2D eigenvalue weighted by molar-refractivity contribution is 0.223. The van der Waals surface area contributed by atoms with Gasteiger partial charge in [0.15, 0.2) is 0 Å². The van der Waals surface area contributed by atoms with Gasteiger partial charge in [0.2, 0.25) is 0 Å². The van der Waals surface area contributed by atoms with Gasteiger partial charge in [0.1, 0.15) is 6.10 Å². The average molecular weight is 325 g/mol. The number of aliphatic hydroxyl groups excluding tert-OH is 1.